The van der Waals surface area contributed by atoms with Gasteiger partial charge in [-0.1, -0.05) is 12.8 Å². The summed E-state index contributed by atoms with van der Waals surface area (Å²) in [5.74, 6) is -0.199. The molecule has 6 nitrogen and oxygen atoms in total. The first-order chi connectivity index (χ1) is 12.7. The van der Waals surface area contributed by atoms with Crippen LogP contribution in [0.2, 0.25) is 0 Å². The molecule has 2 aromatic rings. The summed E-state index contributed by atoms with van der Waals surface area (Å²) in [6.45, 7) is 1.65. The Kier molecular flexibility index (Phi) is 6.09. The van der Waals surface area contributed by atoms with Crippen molar-refractivity contribution in [2.45, 2.75) is 25.7 Å². The smallest absolute Gasteiger partial charge is 0.253 e. The quantitative estimate of drug-likeness (QED) is 0.860. The Morgan fingerprint density at radius 1 is 1.00 bits per heavy atom. The first-order valence-electron chi connectivity index (χ1n) is 8.87. The third-order valence-corrected chi connectivity index (χ3v) is 4.28. The monoisotopic (exact) mass is 350 g/mol. The number of carbonyl (C=O) groups is 2. The maximum absolute atomic E-state index is 12.6. The van der Waals surface area contributed by atoms with Crippen molar-refractivity contribution in [3.8, 4) is 0 Å². The molecule has 0 saturated carbocycles. The van der Waals surface area contributed by atoms with E-state index in [0.717, 1.165) is 25.9 Å². The molecule has 2 heterocycles. The van der Waals surface area contributed by atoms with Crippen molar-refractivity contribution in [2.75, 3.05) is 18.4 Å². The van der Waals surface area contributed by atoms with Gasteiger partial charge in [-0.3, -0.25) is 19.6 Å². The molecule has 1 aromatic heterocycles. The Morgan fingerprint density at radius 2 is 1.73 bits per heavy atom. The van der Waals surface area contributed by atoms with Gasteiger partial charge >= 0.3 is 0 Å². The van der Waals surface area contributed by atoms with E-state index in [9.17, 15) is 9.59 Å². The summed E-state index contributed by atoms with van der Waals surface area (Å²) >= 11 is 0. The number of aromatic nitrogens is 2. The van der Waals surface area contributed by atoms with E-state index in [0.29, 0.717) is 16.9 Å². The number of hydrogen-bond acceptors (Lipinski definition) is 4. The van der Waals surface area contributed by atoms with Crippen LogP contribution in [0.1, 0.15) is 41.7 Å². The van der Waals surface area contributed by atoms with Crippen molar-refractivity contribution in [1.29, 1.82) is 0 Å². The number of amides is 2. The van der Waals surface area contributed by atoms with E-state index >= 15 is 0 Å². The number of hydrogen-bond donors (Lipinski definition) is 1. The number of likely N-dealkylation sites (tertiary alicyclic amines) is 1. The molecular weight excluding hydrogens is 328 g/mol. The minimum Gasteiger partial charge on any atom is -0.339 e. The molecule has 2 amide bonds. The highest BCUT2D eigenvalue weighted by Gasteiger charge is 2.17. The van der Waals surface area contributed by atoms with Gasteiger partial charge in [0.25, 0.3) is 5.91 Å². The molecule has 1 aromatic carbocycles. The number of nitrogens with zero attached hydrogens (tertiary/aromatic N) is 3. The third kappa shape index (κ3) is 4.99. The van der Waals surface area contributed by atoms with Gasteiger partial charge in [0.2, 0.25) is 5.91 Å². The molecule has 0 spiro atoms. The van der Waals surface area contributed by atoms with Gasteiger partial charge in [-0.2, -0.15) is 0 Å². The molecule has 0 unspecified atom stereocenters. The molecule has 3 rings (SSSR count). The zero-order chi connectivity index (χ0) is 18.2. The lowest BCUT2D eigenvalue weighted by molar-refractivity contribution is -0.111. The van der Waals surface area contributed by atoms with Crippen molar-refractivity contribution >= 4 is 23.6 Å². The summed E-state index contributed by atoms with van der Waals surface area (Å²) in [7, 11) is 0. The molecule has 1 fully saturated rings. The average Bonchev–Trinajstić information content (AvgIpc) is 2.97. The third-order valence-electron chi connectivity index (χ3n) is 4.28. The van der Waals surface area contributed by atoms with Crippen LogP contribution in [-0.4, -0.2) is 39.8 Å². The molecule has 0 bridgehead atoms. The number of benzene rings is 1. The Bertz CT molecular complexity index is 764. The van der Waals surface area contributed by atoms with E-state index in [1.165, 1.54) is 18.9 Å². The number of rotatable bonds is 4. The van der Waals surface area contributed by atoms with Crippen molar-refractivity contribution in [2.24, 2.45) is 0 Å². The lowest BCUT2D eigenvalue weighted by Gasteiger charge is -2.20. The second-order valence-electron chi connectivity index (χ2n) is 6.24. The zero-order valence-electron chi connectivity index (χ0n) is 14.6. The Labute approximate surface area is 153 Å². The number of carbonyl (C=O) groups excluding carboxylic acids is 2. The summed E-state index contributed by atoms with van der Waals surface area (Å²) in [5, 5.41) is 2.77. The molecule has 1 aliphatic heterocycles. The number of anilines is 1. The molecular formula is C20H22N4O2. The van der Waals surface area contributed by atoms with E-state index in [-0.39, 0.29) is 11.8 Å². The van der Waals surface area contributed by atoms with Crippen LogP contribution in [0, 0.1) is 0 Å². The minimum absolute atomic E-state index is 0.0623. The highest BCUT2D eigenvalue weighted by Crippen LogP contribution is 2.15. The molecule has 26 heavy (non-hydrogen) atoms. The van der Waals surface area contributed by atoms with Crippen molar-refractivity contribution in [3.05, 3.63) is 60.2 Å². The first kappa shape index (κ1) is 17.8. The van der Waals surface area contributed by atoms with Crippen LogP contribution in [-0.2, 0) is 4.79 Å². The average molecular weight is 350 g/mol. The van der Waals surface area contributed by atoms with Crippen LogP contribution in [0.3, 0.4) is 0 Å². The maximum Gasteiger partial charge on any atom is 0.253 e. The second kappa shape index (κ2) is 8.89. The Morgan fingerprint density at radius 3 is 2.38 bits per heavy atom. The van der Waals surface area contributed by atoms with Crippen molar-refractivity contribution < 1.29 is 9.59 Å². The number of nitrogens with one attached hydrogen (secondary N) is 1. The van der Waals surface area contributed by atoms with Crippen LogP contribution in [0.5, 0.6) is 0 Å². The van der Waals surface area contributed by atoms with Crippen LogP contribution in [0.15, 0.2) is 48.9 Å². The van der Waals surface area contributed by atoms with E-state index in [1.54, 1.807) is 48.9 Å². The molecule has 0 radical (unpaired) electrons. The first-order valence-corrected chi connectivity index (χ1v) is 8.87. The lowest BCUT2D eigenvalue weighted by atomic mass is 10.1. The predicted molar refractivity (Wildman–Crippen MR) is 101 cm³/mol. The van der Waals surface area contributed by atoms with Gasteiger partial charge in [-0.05, 0) is 43.2 Å². The summed E-state index contributed by atoms with van der Waals surface area (Å²) < 4.78 is 0. The van der Waals surface area contributed by atoms with Gasteiger partial charge in [0.05, 0.1) is 11.9 Å². The Hall–Kier alpha value is -3.02. The molecule has 1 aliphatic rings. The largest absolute Gasteiger partial charge is 0.339 e. The molecule has 1 saturated heterocycles. The van der Waals surface area contributed by atoms with E-state index < -0.39 is 0 Å². The zero-order valence-corrected chi connectivity index (χ0v) is 14.6. The van der Waals surface area contributed by atoms with Crippen LogP contribution in [0.4, 0.5) is 5.69 Å². The lowest BCUT2D eigenvalue weighted by Crippen LogP contribution is -2.31. The van der Waals surface area contributed by atoms with E-state index in [1.807, 2.05) is 4.90 Å². The minimum atomic E-state index is -0.262. The summed E-state index contributed by atoms with van der Waals surface area (Å²) in [6.07, 6.45) is 12.2. The van der Waals surface area contributed by atoms with Crippen LogP contribution in [0.25, 0.3) is 6.08 Å². The highest BCUT2D eigenvalue weighted by atomic mass is 16.2. The van der Waals surface area contributed by atoms with E-state index in [4.69, 9.17) is 0 Å². The van der Waals surface area contributed by atoms with Gasteiger partial charge in [0.1, 0.15) is 0 Å². The van der Waals surface area contributed by atoms with Gasteiger partial charge in [-0.15, -0.1) is 0 Å². The second-order valence-corrected chi connectivity index (χ2v) is 6.24. The normalized spacial score (nSPS) is 14.8. The van der Waals surface area contributed by atoms with E-state index in [2.05, 4.69) is 15.3 Å². The summed E-state index contributed by atoms with van der Waals surface area (Å²) in [5.41, 5.74) is 1.91. The van der Waals surface area contributed by atoms with Gasteiger partial charge in [-0.25, -0.2) is 0 Å². The standard InChI is InChI=1S/C20H22N4O2/c25-19(10-9-18-15-21-11-12-22-18)23-17-7-5-16(6-8-17)20(26)24-13-3-1-2-4-14-24/h5-12,15H,1-4,13-14H2,(H,23,25)/b10-9+. The fraction of sp³-hybridized carbons (Fsp3) is 0.300. The topological polar surface area (TPSA) is 75.2 Å². The van der Waals surface area contributed by atoms with Crippen molar-refractivity contribution in [1.82, 2.24) is 14.9 Å². The molecule has 1 N–H and O–H groups in total. The van der Waals surface area contributed by atoms with Gasteiger partial charge < -0.3 is 10.2 Å². The van der Waals surface area contributed by atoms with Crippen molar-refractivity contribution in [3.63, 3.8) is 0 Å². The van der Waals surface area contributed by atoms with Crippen LogP contribution < -0.4 is 5.32 Å². The maximum atomic E-state index is 12.6. The van der Waals surface area contributed by atoms with Gasteiger partial charge in [0, 0.05) is 42.8 Å². The molecule has 134 valence electrons. The predicted octanol–water partition coefficient (Wildman–Crippen LogP) is 3.14. The molecule has 0 atom stereocenters. The molecule has 0 aliphatic carbocycles. The SMILES string of the molecule is O=C(/C=C/c1cnccn1)Nc1ccc(C(=O)N2CCCCCC2)cc1. The summed E-state index contributed by atoms with van der Waals surface area (Å²) in [4.78, 5) is 34.5. The van der Waals surface area contributed by atoms with Crippen LogP contribution >= 0.6 is 0 Å². The molecule has 6 heteroatoms. The summed E-state index contributed by atoms with van der Waals surface area (Å²) in [6, 6.07) is 7.02. The fourth-order valence-electron chi connectivity index (χ4n) is 2.89. The Balaban J connectivity index is 1.57. The fourth-order valence-corrected chi connectivity index (χ4v) is 2.89. The highest BCUT2D eigenvalue weighted by molar-refractivity contribution is 6.02. The van der Waals surface area contributed by atoms with Gasteiger partial charge in [0.15, 0.2) is 0 Å².